The fraction of sp³-hybridized carbons (Fsp3) is 0.118. The summed E-state index contributed by atoms with van der Waals surface area (Å²) in [7, 11) is 0. The third-order valence-electron chi connectivity index (χ3n) is 8.83. The minimum absolute atomic E-state index is 0.0976. The number of ether oxygens (including phenoxy) is 2. The number of benzene rings is 5. The van der Waals surface area contributed by atoms with E-state index in [0.29, 0.717) is 0 Å². The molecule has 2 aliphatic heterocycles. The van der Waals surface area contributed by atoms with Crippen LogP contribution in [0.5, 0.6) is 23.0 Å². The summed E-state index contributed by atoms with van der Waals surface area (Å²) >= 11 is 0. The van der Waals surface area contributed by atoms with E-state index >= 15 is 0 Å². The van der Waals surface area contributed by atoms with Crippen LogP contribution in [0.1, 0.15) is 22.3 Å². The topological polar surface area (TPSA) is 18.5 Å². The number of hydrogen-bond donors (Lipinski definition) is 0. The molecule has 0 saturated carbocycles. The van der Waals surface area contributed by atoms with E-state index in [1.165, 1.54) is 60.9 Å². The van der Waals surface area contributed by atoms with E-state index in [0.717, 1.165) is 48.7 Å². The van der Waals surface area contributed by atoms with Crippen molar-refractivity contribution in [2.24, 2.45) is 0 Å². The van der Waals surface area contributed by atoms with Crippen LogP contribution in [0.25, 0.3) is 22.3 Å². The Kier molecular flexibility index (Phi) is 3.85. The van der Waals surface area contributed by atoms with E-state index in [4.69, 9.17) is 9.47 Å². The summed E-state index contributed by atoms with van der Waals surface area (Å²) in [5.41, 5.74) is 14.7. The standard InChI is InChI=1S/C34H23BO2/c1-3-8-20(9-4-1)26-18-28-33(24-16-14-22(24)26)36-30-12-7-13-31-32(30)35(28)29-19-27(21-10-5-2-6-11-21)23-15-17-25(23)34(29)37-31/h1-13,18-19H,14-17H2. The Hall–Kier alpha value is -4.24. The second kappa shape index (κ2) is 7.17. The molecule has 0 radical (unpaired) electrons. The second-order valence-electron chi connectivity index (χ2n) is 10.6. The largest absolute Gasteiger partial charge is 0.458 e. The maximum atomic E-state index is 6.70. The van der Waals surface area contributed by atoms with Gasteiger partial charge >= 0.3 is 0 Å². The molecule has 0 unspecified atom stereocenters. The molecule has 174 valence electrons. The first-order valence-electron chi connectivity index (χ1n) is 13.3. The molecule has 0 spiro atoms. The summed E-state index contributed by atoms with van der Waals surface area (Å²) in [5, 5.41) is 0. The van der Waals surface area contributed by atoms with Gasteiger partial charge in [-0.15, -0.1) is 0 Å². The highest BCUT2D eigenvalue weighted by Crippen LogP contribution is 2.46. The lowest BCUT2D eigenvalue weighted by Crippen LogP contribution is -2.58. The molecule has 0 bridgehead atoms. The monoisotopic (exact) mass is 474 g/mol. The number of rotatable bonds is 2. The Balaban J connectivity index is 1.35. The van der Waals surface area contributed by atoms with Crippen LogP contribution in [0.4, 0.5) is 0 Å². The third-order valence-corrected chi connectivity index (χ3v) is 8.83. The average Bonchev–Trinajstić information content (AvgIpc) is 2.89. The molecular weight excluding hydrogens is 451 g/mol. The Labute approximate surface area is 216 Å². The molecule has 3 heteroatoms. The smallest absolute Gasteiger partial charge is 0.260 e. The van der Waals surface area contributed by atoms with Gasteiger partial charge in [0.2, 0.25) is 0 Å². The minimum atomic E-state index is 0.0976. The fourth-order valence-electron chi connectivity index (χ4n) is 6.92. The van der Waals surface area contributed by atoms with E-state index in [-0.39, 0.29) is 6.71 Å². The van der Waals surface area contributed by atoms with E-state index < -0.39 is 0 Å². The van der Waals surface area contributed by atoms with Gasteiger partial charge < -0.3 is 9.47 Å². The zero-order chi connectivity index (χ0) is 24.1. The van der Waals surface area contributed by atoms with Crippen LogP contribution in [0.2, 0.25) is 0 Å². The van der Waals surface area contributed by atoms with E-state index in [1.54, 1.807) is 0 Å². The molecule has 0 saturated heterocycles. The normalized spacial score (nSPS) is 15.0. The van der Waals surface area contributed by atoms with E-state index in [2.05, 4.69) is 91.0 Å². The van der Waals surface area contributed by atoms with Crippen molar-refractivity contribution in [3.05, 3.63) is 113 Å². The molecule has 0 aromatic heterocycles. The third kappa shape index (κ3) is 2.61. The zero-order valence-electron chi connectivity index (χ0n) is 20.4. The molecule has 9 rings (SSSR count). The van der Waals surface area contributed by atoms with Crippen molar-refractivity contribution in [2.75, 3.05) is 0 Å². The van der Waals surface area contributed by atoms with Gasteiger partial charge in [-0.3, -0.25) is 0 Å². The van der Waals surface area contributed by atoms with Crippen molar-refractivity contribution in [1.29, 1.82) is 0 Å². The second-order valence-corrected chi connectivity index (χ2v) is 10.6. The lowest BCUT2D eigenvalue weighted by atomic mass is 9.34. The lowest BCUT2D eigenvalue weighted by molar-refractivity contribution is 0.453. The SMILES string of the molecule is c1ccc(-c2cc3c(c4c2CC4)Oc2cccc4c2B3c2cc(-c3ccccc3)c3c(c2O4)CC3)cc1. The van der Waals surface area contributed by atoms with Crippen molar-refractivity contribution >= 4 is 23.1 Å². The van der Waals surface area contributed by atoms with Gasteiger partial charge in [0.05, 0.1) is 0 Å². The summed E-state index contributed by atoms with van der Waals surface area (Å²) in [6.45, 7) is 0.0976. The van der Waals surface area contributed by atoms with Gasteiger partial charge in [-0.1, -0.05) is 78.9 Å². The van der Waals surface area contributed by atoms with Crippen molar-refractivity contribution in [2.45, 2.75) is 25.7 Å². The van der Waals surface area contributed by atoms with Crippen molar-refractivity contribution in [3.63, 3.8) is 0 Å². The van der Waals surface area contributed by atoms with Gasteiger partial charge in [0.15, 0.2) is 0 Å². The predicted molar refractivity (Wildman–Crippen MR) is 150 cm³/mol. The van der Waals surface area contributed by atoms with Crippen LogP contribution in [-0.2, 0) is 25.7 Å². The molecule has 0 atom stereocenters. The van der Waals surface area contributed by atoms with Crippen LogP contribution in [0.15, 0.2) is 91.0 Å². The molecule has 4 aliphatic rings. The highest BCUT2D eigenvalue weighted by Gasteiger charge is 2.44. The maximum Gasteiger partial charge on any atom is 0.260 e. The highest BCUT2D eigenvalue weighted by atomic mass is 16.5. The quantitative estimate of drug-likeness (QED) is 0.289. The molecule has 0 N–H and O–H groups in total. The summed E-state index contributed by atoms with van der Waals surface area (Å²) in [6, 6.07) is 32.8. The Morgan fingerprint density at radius 2 is 0.946 bits per heavy atom. The molecule has 0 fully saturated rings. The molecule has 2 heterocycles. The maximum absolute atomic E-state index is 6.70. The van der Waals surface area contributed by atoms with Crippen LogP contribution in [0.3, 0.4) is 0 Å². The first-order chi connectivity index (χ1) is 18.3. The van der Waals surface area contributed by atoms with Crippen molar-refractivity contribution in [1.82, 2.24) is 0 Å². The number of hydrogen-bond acceptors (Lipinski definition) is 2. The first-order valence-corrected chi connectivity index (χ1v) is 13.3. The summed E-state index contributed by atoms with van der Waals surface area (Å²) < 4.78 is 13.4. The number of fused-ring (bicyclic) bond motifs is 8. The van der Waals surface area contributed by atoms with Gasteiger partial charge in [0, 0.05) is 5.46 Å². The fourth-order valence-corrected chi connectivity index (χ4v) is 6.92. The summed E-state index contributed by atoms with van der Waals surface area (Å²) in [5.74, 6) is 4.03. The summed E-state index contributed by atoms with van der Waals surface area (Å²) in [6.07, 6.45) is 4.37. The lowest BCUT2D eigenvalue weighted by Gasteiger charge is -2.39. The van der Waals surface area contributed by atoms with E-state index in [1.807, 2.05) is 0 Å². The van der Waals surface area contributed by atoms with Gasteiger partial charge in [-0.25, -0.2) is 0 Å². The molecule has 0 amide bonds. The van der Waals surface area contributed by atoms with E-state index in [9.17, 15) is 0 Å². The van der Waals surface area contributed by atoms with Crippen LogP contribution >= 0.6 is 0 Å². The Morgan fingerprint density at radius 1 is 0.486 bits per heavy atom. The van der Waals surface area contributed by atoms with Crippen LogP contribution in [0, 0.1) is 0 Å². The van der Waals surface area contributed by atoms with Gasteiger partial charge in [-0.05, 0) is 93.2 Å². The molecule has 2 nitrogen and oxygen atoms in total. The van der Waals surface area contributed by atoms with Crippen molar-refractivity contribution < 1.29 is 9.47 Å². The highest BCUT2D eigenvalue weighted by molar-refractivity contribution is 6.98. The molecule has 5 aromatic rings. The predicted octanol–water partition coefficient (Wildman–Crippen LogP) is 5.95. The average molecular weight is 474 g/mol. The Morgan fingerprint density at radius 3 is 1.38 bits per heavy atom. The van der Waals surface area contributed by atoms with Crippen LogP contribution < -0.4 is 25.9 Å². The van der Waals surface area contributed by atoms with Crippen molar-refractivity contribution in [3.8, 4) is 45.3 Å². The molecule has 37 heavy (non-hydrogen) atoms. The molecule has 5 aromatic carbocycles. The van der Waals surface area contributed by atoms with Crippen LogP contribution in [-0.4, -0.2) is 6.71 Å². The minimum Gasteiger partial charge on any atom is -0.458 e. The van der Waals surface area contributed by atoms with Gasteiger partial charge in [0.1, 0.15) is 23.0 Å². The zero-order valence-corrected chi connectivity index (χ0v) is 20.4. The van der Waals surface area contributed by atoms with Gasteiger partial charge in [0.25, 0.3) is 6.71 Å². The molecule has 2 aliphatic carbocycles. The Bertz CT molecular complexity index is 1650. The molecular formula is C34H23BO2. The first kappa shape index (κ1) is 19.9. The summed E-state index contributed by atoms with van der Waals surface area (Å²) in [4.78, 5) is 0. The van der Waals surface area contributed by atoms with Gasteiger partial charge in [-0.2, -0.15) is 0 Å².